The number of amides is 1. The zero-order valence-electron chi connectivity index (χ0n) is 16.8. The van der Waals surface area contributed by atoms with Crippen molar-refractivity contribution in [3.63, 3.8) is 0 Å². The van der Waals surface area contributed by atoms with Gasteiger partial charge in [0.1, 0.15) is 11.4 Å². The van der Waals surface area contributed by atoms with E-state index in [1.165, 1.54) is 17.8 Å². The Balaban J connectivity index is 2.00. The van der Waals surface area contributed by atoms with Crippen molar-refractivity contribution >= 4 is 28.7 Å². The van der Waals surface area contributed by atoms with E-state index >= 15 is 0 Å². The lowest BCUT2D eigenvalue weighted by Gasteiger charge is -2.46. The van der Waals surface area contributed by atoms with Gasteiger partial charge in [-0.3, -0.25) is 10.3 Å². The summed E-state index contributed by atoms with van der Waals surface area (Å²) in [7, 11) is 1.66. The molecule has 3 rings (SSSR count). The summed E-state index contributed by atoms with van der Waals surface area (Å²) < 4.78 is 25.8. The minimum absolute atomic E-state index is 0.0355. The molecule has 154 valence electrons. The van der Waals surface area contributed by atoms with Crippen molar-refractivity contribution in [1.29, 1.82) is 0 Å². The number of nitrogens with zero attached hydrogens (tertiary/aromatic N) is 1. The Morgan fingerprint density at radius 3 is 2.82 bits per heavy atom. The molecule has 0 aromatic heterocycles. The minimum atomic E-state index is -0.825. The van der Waals surface area contributed by atoms with Crippen LogP contribution in [0.1, 0.15) is 45.6 Å². The summed E-state index contributed by atoms with van der Waals surface area (Å²) in [6, 6.07) is 4.58. The fraction of sp³-hybridized carbons (Fsp3) is 0.600. The molecule has 6 nitrogen and oxygen atoms in total. The second-order valence-corrected chi connectivity index (χ2v) is 9.36. The number of hydrogen-bond acceptors (Lipinski definition) is 6. The van der Waals surface area contributed by atoms with E-state index in [4.69, 9.17) is 20.2 Å². The lowest BCUT2D eigenvalue weighted by molar-refractivity contribution is 0.0191. The van der Waals surface area contributed by atoms with Crippen LogP contribution in [0.25, 0.3) is 0 Å². The van der Waals surface area contributed by atoms with Gasteiger partial charge >= 0.3 is 6.09 Å². The Morgan fingerprint density at radius 1 is 1.39 bits per heavy atom. The Morgan fingerprint density at radius 2 is 2.14 bits per heavy atom. The monoisotopic (exact) mass is 409 g/mol. The lowest BCUT2D eigenvalue weighted by atomic mass is 9.68. The molecular formula is C20H28FN3O3S. The zero-order valence-corrected chi connectivity index (χ0v) is 17.6. The van der Waals surface area contributed by atoms with Crippen LogP contribution in [0.3, 0.4) is 0 Å². The van der Waals surface area contributed by atoms with Crippen LogP contribution in [0.5, 0.6) is 0 Å². The van der Waals surface area contributed by atoms with Crippen LogP contribution in [0.15, 0.2) is 23.2 Å². The van der Waals surface area contributed by atoms with Crippen LogP contribution in [0, 0.1) is 11.7 Å². The number of carbonyl (C=O) groups is 1. The van der Waals surface area contributed by atoms with E-state index in [0.717, 1.165) is 18.6 Å². The van der Waals surface area contributed by atoms with Gasteiger partial charge in [-0.2, -0.15) is 0 Å². The third-order valence-electron chi connectivity index (χ3n) is 5.17. The van der Waals surface area contributed by atoms with E-state index < -0.39 is 17.2 Å². The van der Waals surface area contributed by atoms with Crippen LogP contribution in [-0.4, -0.2) is 35.8 Å². The van der Waals surface area contributed by atoms with Gasteiger partial charge in [-0.05, 0) is 57.7 Å². The van der Waals surface area contributed by atoms with Crippen LogP contribution < -0.4 is 11.1 Å². The van der Waals surface area contributed by atoms with Crippen molar-refractivity contribution in [3.8, 4) is 0 Å². The highest BCUT2D eigenvalue weighted by atomic mass is 32.2. The molecule has 1 aromatic rings. The van der Waals surface area contributed by atoms with Crippen LogP contribution in [0.2, 0.25) is 0 Å². The highest BCUT2D eigenvalue weighted by molar-refractivity contribution is 8.13. The van der Waals surface area contributed by atoms with Crippen molar-refractivity contribution in [1.82, 2.24) is 5.32 Å². The number of thioether (sulfide) groups is 1. The SMILES string of the molecule is COC1CC[C@H]2CSC(NC(=O)OC(C)(C)C)=N[C@@]2(c2cc(N)ccc2F)C1. The number of hydrogen-bond donors (Lipinski definition) is 2. The van der Waals surface area contributed by atoms with Gasteiger partial charge in [0.05, 0.1) is 11.6 Å². The number of alkyl carbamates (subject to hydrolysis) is 1. The van der Waals surface area contributed by atoms with E-state index in [1.54, 1.807) is 40.0 Å². The smallest absolute Gasteiger partial charge is 0.413 e. The summed E-state index contributed by atoms with van der Waals surface area (Å²) in [6.07, 6.45) is 1.70. The number of methoxy groups -OCH3 is 1. The molecule has 1 heterocycles. The highest BCUT2D eigenvalue weighted by Gasteiger charge is 2.49. The summed E-state index contributed by atoms with van der Waals surface area (Å²) in [6.45, 7) is 5.39. The number of nitrogens with one attached hydrogen (secondary N) is 1. The Labute approximate surface area is 169 Å². The van der Waals surface area contributed by atoms with Gasteiger partial charge in [-0.1, -0.05) is 11.8 Å². The lowest BCUT2D eigenvalue weighted by Crippen LogP contribution is -2.48. The van der Waals surface area contributed by atoms with E-state index in [0.29, 0.717) is 22.8 Å². The molecule has 0 radical (unpaired) electrons. The molecule has 1 saturated carbocycles. The maximum absolute atomic E-state index is 14.9. The highest BCUT2D eigenvalue weighted by Crippen LogP contribution is 2.50. The number of carbonyl (C=O) groups excluding carboxylic acids is 1. The number of aliphatic imine (C=N–C) groups is 1. The summed E-state index contributed by atoms with van der Waals surface area (Å²) in [5.74, 6) is 0.506. The van der Waals surface area contributed by atoms with Gasteiger partial charge < -0.3 is 15.2 Å². The van der Waals surface area contributed by atoms with Crippen LogP contribution in [-0.2, 0) is 15.0 Å². The number of anilines is 1. The van der Waals surface area contributed by atoms with Gasteiger partial charge in [0.25, 0.3) is 0 Å². The van der Waals surface area contributed by atoms with Gasteiger partial charge in [0.2, 0.25) is 0 Å². The molecule has 1 unspecified atom stereocenters. The number of rotatable bonds is 2. The zero-order chi connectivity index (χ0) is 20.5. The number of ether oxygens (including phenoxy) is 2. The first-order valence-electron chi connectivity index (χ1n) is 9.44. The van der Waals surface area contributed by atoms with Crippen molar-refractivity contribution in [2.24, 2.45) is 10.9 Å². The number of nitrogens with two attached hydrogens (primary N) is 1. The summed E-state index contributed by atoms with van der Waals surface area (Å²) >= 11 is 1.46. The molecule has 0 spiro atoms. The van der Waals surface area contributed by atoms with Crippen molar-refractivity contribution in [2.75, 3.05) is 18.6 Å². The number of amidine groups is 1. The van der Waals surface area contributed by atoms with E-state index in [-0.39, 0.29) is 17.8 Å². The molecule has 3 N–H and O–H groups in total. The molecule has 8 heteroatoms. The van der Waals surface area contributed by atoms with Crippen LogP contribution >= 0.6 is 11.8 Å². The average molecular weight is 410 g/mol. The van der Waals surface area contributed by atoms with Crippen molar-refractivity contribution in [2.45, 2.75) is 57.3 Å². The molecule has 1 aromatic carbocycles. The third-order valence-corrected chi connectivity index (χ3v) is 6.21. The van der Waals surface area contributed by atoms with E-state index in [2.05, 4.69) is 5.32 Å². The predicted octanol–water partition coefficient (Wildman–Crippen LogP) is 4.05. The second-order valence-electron chi connectivity index (χ2n) is 8.35. The first-order valence-corrected chi connectivity index (χ1v) is 10.4. The topological polar surface area (TPSA) is 85.9 Å². The maximum Gasteiger partial charge on any atom is 0.413 e. The van der Waals surface area contributed by atoms with E-state index in [9.17, 15) is 9.18 Å². The maximum atomic E-state index is 14.9. The van der Waals surface area contributed by atoms with E-state index in [1.807, 2.05) is 0 Å². The predicted molar refractivity (Wildman–Crippen MR) is 110 cm³/mol. The normalized spacial score (nSPS) is 27.5. The molecule has 1 amide bonds. The quantitative estimate of drug-likeness (QED) is 0.720. The fourth-order valence-electron chi connectivity index (χ4n) is 3.91. The first-order chi connectivity index (χ1) is 13.1. The molecule has 3 atom stereocenters. The van der Waals surface area contributed by atoms with Crippen molar-refractivity contribution in [3.05, 3.63) is 29.6 Å². The van der Waals surface area contributed by atoms with Gasteiger partial charge in [0.15, 0.2) is 5.17 Å². The Kier molecular flexibility index (Phi) is 5.91. The number of fused-ring (bicyclic) bond motifs is 1. The largest absolute Gasteiger partial charge is 0.444 e. The number of nitrogen functional groups attached to an aromatic ring is 1. The Bertz CT molecular complexity index is 780. The molecular weight excluding hydrogens is 381 g/mol. The fourth-order valence-corrected chi connectivity index (χ4v) is 5.10. The molecule has 1 aliphatic carbocycles. The molecule has 1 fully saturated rings. The third kappa shape index (κ3) is 4.43. The minimum Gasteiger partial charge on any atom is -0.444 e. The standard InChI is InChI=1S/C20H28FN3O3S/c1-19(2,3)27-18(25)23-17-24-20(15-9-13(22)6-8-16(15)21)10-14(26-4)7-5-12(20)11-28-17/h6,8-9,12,14H,5,7,10-11,22H2,1-4H3,(H,23,24,25)/t12-,14?,20-/m0/s1. The summed E-state index contributed by atoms with van der Waals surface area (Å²) in [5.41, 5.74) is 5.47. The Hall–Kier alpha value is -1.80. The molecule has 1 aliphatic heterocycles. The molecule has 0 bridgehead atoms. The number of benzene rings is 1. The second kappa shape index (κ2) is 7.91. The molecule has 28 heavy (non-hydrogen) atoms. The molecule has 2 aliphatic rings. The average Bonchev–Trinajstić information content (AvgIpc) is 2.61. The molecule has 0 saturated heterocycles. The first kappa shape index (κ1) is 20.9. The van der Waals surface area contributed by atoms with Gasteiger partial charge in [0, 0.05) is 30.5 Å². The summed E-state index contributed by atoms with van der Waals surface area (Å²) in [4.78, 5) is 17.1. The van der Waals surface area contributed by atoms with Gasteiger partial charge in [-0.15, -0.1) is 0 Å². The summed E-state index contributed by atoms with van der Waals surface area (Å²) in [5, 5.41) is 3.16. The van der Waals surface area contributed by atoms with Crippen LogP contribution in [0.4, 0.5) is 14.9 Å². The number of halogens is 1. The van der Waals surface area contributed by atoms with Crippen molar-refractivity contribution < 1.29 is 18.7 Å². The van der Waals surface area contributed by atoms with Gasteiger partial charge in [-0.25, -0.2) is 9.18 Å².